The Kier molecular flexibility index (Phi) is 7.99. The summed E-state index contributed by atoms with van der Waals surface area (Å²) in [4.78, 5) is 17.1. The van der Waals surface area contributed by atoms with Crippen LogP contribution in [0.15, 0.2) is 71.9 Å². The first-order valence-corrected chi connectivity index (χ1v) is 10.7. The lowest BCUT2D eigenvalue weighted by atomic mass is 10.1. The van der Waals surface area contributed by atoms with Gasteiger partial charge in [-0.3, -0.25) is 9.78 Å². The Bertz CT molecular complexity index is 1050. The van der Waals surface area contributed by atoms with Crippen LogP contribution in [0.25, 0.3) is 0 Å². The smallest absolute Gasteiger partial charge is 0.398 e. The molecule has 0 aliphatic rings. The fraction of sp³-hybridized carbons (Fsp3) is 0.217. The number of alkyl halides is 3. The minimum Gasteiger partial charge on any atom is -0.490 e. The van der Waals surface area contributed by atoms with E-state index in [1.165, 1.54) is 6.07 Å². The van der Waals surface area contributed by atoms with Crippen molar-refractivity contribution in [3.05, 3.63) is 78.1 Å². The van der Waals surface area contributed by atoms with Crippen LogP contribution in [0, 0.1) is 0 Å². The minimum absolute atomic E-state index is 0.292. The Morgan fingerprint density at radius 2 is 1.78 bits per heavy atom. The average Bonchev–Trinajstić information content (AvgIpc) is 2.78. The summed E-state index contributed by atoms with van der Waals surface area (Å²) >= 11 is 0.621. The van der Waals surface area contributed by atoms with Crippen LogP contribution in [0.2, 0.25) is 0 Å². The lowest BCUT2D eigenvalue weighted by Crippen LogP contribution is -2.14. The molecule has 5 nitrogen and oxygen atoms in total. The summed E-state index contributed by atoms with van der Waals surface area (Å²) in [6.45, 7) is 2.49. The van der Waals surface area contributed by atoms with E-state index in [1.807, 2.05) is 19.1 Å². The lowest BCUT2D eigenvalue weighted by Gasteiger charge is -2.15. The van der Waals surface area contributed by atoms with Gasteiger partial charge in [-0.15, -0.1) is 11.8 Å². The van der Waals surface area contributed by atoms with E-state index in [-0.39, 0.29) is 0 Å². The molecule has 1 amide bonds. The van der Waals surface area contributed by atoms with Crippen molar-refractivity contribution in [2.45, 2.75) is 24.6 Å². The fourth-order valence-electron chi connectivity index (χ4n) is 2.73. The molecule has 1 heterocycles. The van der Waals surface area contributed by atoms with Gasteiger partial charge in [0.25, 0.3) is 5.91 Å². The Hall–Kier alpha value is -3.20. The number of hydrogen-bond donors (Lipinski definition) is 1. The van der Waals surface area contributed by atoms with Gasteiger partial charge < -0.3 is 14.8 Å². The summed E-state index contributed by atoms with van der Waals surface area (Å²) in [5.74, 6) is -0.639. The molecule has 0 saturated heterocycles. The summed E-state index contributed by atoms with van der Waals surface area (Å²) in [5, 5.41) is 2.68. The molecule has 168 valence electrons. The molecule has 3 aromatic rings. The van der Waals surface area contributed by atoms with Crippen LogP contribution in [0.3, 0.4) is 0 Å². The number of nitrogens with one attached hydrogen (secondary N) is 1. The highest BCUT2D eigenvalue weighted by atomic mass is 32.2. The summed E-state index contributed by atoms with van der Waals surface area (Å²) in [6.07, 6.45) is -0.971. The normalized spacial score (nSPS) is 11.1. The van der Waals surface area contributed by atoms with Crippen LogP contribution in [0.1, 0.15) is 22.8 Å². The molecule has 2 aromatic carbocycles. The lowest BCUT2D eigenvalue weighted by molar-refractivity contribution is -0.105. The van der Waals surface area contributed by atoms with E-state index in [1.54, 1.807) is 48.8 Å². The number of rotatable bonds is 9. The molecule has 0 aliphatic carbocycles. The number of anilines is 1. The number of carbonyl (C=O) groups excluding carboxylic acids is 1. The molecule has 0 fully saturated rings. The molecular weight excluding hydrogens is 441 g/mol. The topological polar surface area (TPSA) is 60.5 Å². The molecule has 0 bridgehead atoms. The van der Waals surface area contributed by atoms with Crippen molar-refractivity contribution < 1.29 is 27.4 Å². The average molecular weight is 462 g/mol. The minimum atomic E-state index is -4.31. The summed E-state index contributed by atoms with van der Waals surface area (Å²) < 4.78 is 49.2. The van der Waals surface area contributed by atoms with E-state index in [9.17, 15) is 18.0 Å². The van der Waals surface area contributed by atoms with Gasteiger partial charge in [0, 0.05) is 22.9 Å². The Morgan fingerprint density at radius 1 is 1.03 bits per heavy atom. The van der Waals surface area contributed by atoms with Crippen molar-refractivity contribution in [1.29, 1.82) is 0 Å². The quantitative estimate of drug-likeness (QED) is 0.397. The van der Waals surface area contributed by atoms with Crippen molar-refractivity contribution >= 4 is 23.4 Å². The number of thioether (sulfide) groups is 1. The van der Waals surface area contributed by atoms with E-state index in [0.29, 0.717) is 52.6 Å². The first-order valence-electron chi connectivity index (χ1n) is 9.74. The van der Waals surface area contributed by atoms with Crippen molar-refractivity contribution in [2.75, 3.05) is 17.7 Å². The number of carbonyl (C=O) groups is 1. The maximum Gasteiger partial charge on any atom is 0.398 e. The number of halogens is 3. The third-order valence-corrected chi connectivity index (χ3v) is 5.31. The monoisotopic (exact) mass is 462 g/mol. The molecule has 0 spiro atoms. The van der Waals surface area contributed by atoms with Crippen LogP contribution in [-0.2, 0) is 6.61 Å². The predicted octanol–water partition coefficient (Wildman–Crippen LogP) is 5.97. The van der Waals surface area contributed by atoms with Gasteiger partial charge in [0.15, 0.2) is 11.5 Å². The maximum atomic E-state index is 12.8. The molecule has 3 rings (SSSR count). The van der Waals surface area contributed by atoms with E-state index in [2.05, 4.69) is 10.3 Å². The van der Waals surface area contributed by atoms with Crippen molar-refractivity contribution in [3.63, 3.8) is 0 Å². The van der Waals surface area contributed by atoms with Crippen molar-refractivity contribution in [3.8, 4) is 11.5 Å². The highest BCUT2D eigenvalue weighted by Gasteiger charge is 2.27. The summed E-state index contributed by atoms with van der Waals surface area (Å²) in [7, 11) is 0. The molecule has 32 heavy (non-hydrogen) atoms. The third-order valence-electron chi connectivity index (χ3n) is 4.18. The van der Waals surface area contributed by atoms with Crippen LogP contribution < -0.4 is 14.8 Å². The van der Waals surface area contributed by atoms with Gasteiger partial charge in [-0.05, 0) is 55.0 Å². The Balaban J connectivity index is 1.73. The SMILES string of the molecule is CCOc1cc(C(=O)Nc2ccccc2SCC(F)(F)F)ccc1OCc1ccncc1. The number of pyridine rings is 1. The second-order valence-electron chi connectivity index (χ2n) is 6.59. The summed E-state index contributed by atoms with van der Waals surface area (Å²) in [6, 6.07) is 14.8. The van der Waals surface area contributed by atoms with Gasteiger partial charge in [0.05, 0.1) is 18.0 Å². The summed E-state index contributed by atoms with van der Waals surface area (Å²) in [5.41, 5.74) is 1.53. The van der Waals surface area contributed by atoms with Gasteiger partial charge >= 0.3 is 6.18 Å². The number of nitrogens with zero attached hydrogens (tertiary/aromatic N) is 1. The van der Waals surface area contributed by atoms with E-state index >= 15 is 0 Å². The number of benzene rings is 2. The number of hydrogen-bond acceptors (Lipinski definition) is 5. The number of amides is 1. The molecule has 0 aliphatic heterocycles. The molecule has 1 aromatic heterocycles. The first-order chi connectivity index (χ1) is 15.4. The molecule has 1 N–H and O–H groups in total. The Labute approximate surface area is 188 Å². The van der Waals surface area contributed by atoms with E-state index < -0.39 is 17.8 Å². The van der Waals surface area contributed by atoms with Gasteiger partial charge in [-0.2, -0.15) is 13.2 Å². The highest BCUT2D eigenvalue weighted by Crippen LogP contribution is 2.33. The number of para-hydroxylation sites is 1. The molecule has 0 atom stereocenters. The van der Waals surface area contributed by atoms with Gasteiger partial charge in [-0.1, -0.05) is 12.1 Å². The van der Waals surface area contributed by atoms with Gasteiger partial charge in [0.1, 0.15) is 6.61 Å². The van der Waals surface area contributed by atoms with E-state index in [0.717, 1.165) is 5.56 Å². The van der Waals surface area contributed by atoms with E-state index in [4.69, 9.17) is 9.47 Å². The molecule has 9 heteroatoms. The molecule has 0 saturated carbocycles. The zero-order chi connectivity index (χ0) is 23.0. The van der Waals surface area contributed by atoms with Crippen LogP contribution in [0.4, 0.5) is 18.9 Å². The highest BCUT2D eigenvalue weighted by molar-refractivity contribution is 7.99. The molecular formula is C23H21F3N2O3S. The van der Waals surface area contributed by atoms with Crippen molar-refractivity contribution in [1.82, 2.24) is 4.98 Å². The second-order valence-corrected chi connectivity index (χ2v) is 7.61. The third kappa shape index (κ3) is 6.91. The predicted molar refractivity (Wildman–Crippen MR) is 117 cm³/mol. The number of ether oxygens (including phenoxy) is 2. The van der Waals surface area contributed by atoms with Gasteiger partial charge in [-0.25, -0.2) is 0 Å². The zero-order valence-electron chi connectivity index (χ0n) is 17.2. The van der Waals surface area contributed by atoms with Gasteiger partial charge in [0.2, 0.25) is 0 Å². The second kappa shape index (κ2) is 10.9. The fourth-order valence-corrected chi connectivity index (χ4v) is 3.50. The molecule has 0 radical (unpaired) electrons. The van der Waals surface area contributed by atoms with Crippen molar-refractivity contribution in [2.24, 2.45) is 0 Å². The standard InChI is InChI=1S/C23H21F3N2O3S/c1-2-30-20-13-17(7-8-19(20)31-14-16-9-11-27-12-10-16)22(29)28-18-5-3-4-6-21(18)32-15-23(24,25)26/h3-13H,2,14-15H2,1H3,(H,28,29). The number of aromatic nitrogens is 1. The van der Waals surface area contributed by atoms with Crippen LogP contribution >= 0.6 is 11.8 Å². The maximum absolute atomic E-state index is 12.8. The van der Waals surface area contributed by atoms with Crippen LogP contribution in [0.5, 0.6) is 11.5 Å². The molecule has 0 unspecified atom stereocenters. The Morgan fingerprint density at radius 3 is 2.50 bits per heavy atom. The largest absolute Gasteiger partial charge is 0.490 e. The first kappa shape index (κ1) is 23.5. The van der Waals surface area contributed by atoms with Crippen LogP contribution in [-0.4, -0.2) is 29.4 Å². The zero-order valence-corrected chi connectivity index (χ0v) is 18.0.